The van der Waals surface area contributed by atoms with Crippen molar-refractivity contribution in [1.82, 2.24) is 0 Å². The second-order valence-electron chi connectivity index (χ2n) is 10.3. The van der Waals surface area contributed by atoms with Crippen LogP contribution in [0.5, 0.6) is 0 Å². The van der Waals surface area contributed by atoms with E-state index in [1.165, 1.54) is 6.42 Å². The Kier molecular flexibility index (Phi) is 4.54. The third kappa shape index (κ3) is 2.88. The molecule has 5 rings (SSSR count). The van der Waals surface area contributed by atoms with E-state index in [2.05, 4.69) is 29.5 Å². The molecule has 1 saturated heterocycles. The van der Waals surface area contributed by atoms with Gasteiger partial charge in [0.15, 0.2) is 0 Å². The fourth-order valence-corrected chi connectivity index (χ4v) is 6.96. The van der Waals surface area contributed by atoms with Crippen LogP contribution < -0.4 is 0 Å². The minimum absolute atomic E-state index is 0.0437. The average Bonchev–Trinajstić information content (AvgIpc) is 3.42. The molecule has 0 radical (unpaired) electrons. The van der Waals surface area contributed by atoms with Crippen LogP contribution >= 0.6 is 22.6 Å². The summed E-state index contributed by atoms with van der Waals surface area (Å²) in [4.78, 5) is 38.6. The van der Waals surface area contributed by atoms with E-state index in [4.69, 9.17) is 14.2 Å². The van der Waals surface area contributed by atoms with E-state index in [0.717, 1.165) is 19.3 Å². The number of carbonyl (C=O) groups excluding carboxylic acids is 3. The van der Waals surface area contributed by atoms with Gasteiger partial charge < -0.3 is 14.2 Å². The van der Waals surface area contributed by atoms with E-state index < -0.39 is 33.1 Å². The Bertz CT molecular complexity index is 764. The first-order valence-electron chi connectivity index (χ1n) is 11.0. The Hall–Kier alpha value is -0.860. The molecule has 0 aromatic carbocycles. The standard InChI is InChI=1S/C22H29IO6/c1-4-21(2,23)20(26)28-17-13-8-12-14(18(24)27-16(12)17)15(13)19(25)29-22(3)9-10-5-6-11(22)7-10/h10-17H,4-9H2,1-3H3/t10?,11-,12?,13?,14?,15?,16?,17?,21?,22?/m0/s1. The lowest BCUT2D eigenvalue weighted by Crippen LogP contribution is -2.48. The third-order valence-corrected chi connectivity index (χ3v) is 9.79. The molecule has 10 atom stereocenters. The summed E-state index contributed by atoms with van der Waals surface area (Å²) in [6, 6.07) is 0. The zero-order valence-electron chi connectivity index (χ0n) is 17.2. The Morgan fingerprint density at radius 1 is 1.28 bits per heavy atom. The Labute approximate surface area is 184 Å². The van der Waals surface area contributed by atoms with Gasteiger partial charge in [0.1, 0.15) is 21.2 Å². The molecular weight excluding hydrogens is 487 g/mol. The highest BCUT2D eigenvalue weighted by molar-refractivity contribution is 14.1. The Morgan fingerprint density at radius 2 is 2.03 bits per heavy atom. The van der Waals surface area contributed by atoms with Crippen LogP contribution in [0.2, 0.25) is 0 Å². The van der Waals surface area contributed by atoms with Crippen LogP contribution in [0.25, 0.3) is 0 Å². The van der Waals surface area contributed by atoms with Crippen molar-refractivity contribution in [2.24, 2.45) is 35.5 Å². The molecule has 6 nitrogen and oxygen atoms in total. The first kappa shape index (κ1) is 20.1. The largest absolute Gasteiger partial charge is 0.459 e. The number of hydrogen-bond donors (Lipinski definition) is 0. The second kappa shape index (κ2) is 6.57. The van der Waals surface area contributed by atoms with Crippen LogP contribution in [0, 0.1) is 35.5 Å². The quantitative estimate of drug-likeness (QED) is 0.241. The molecule has 4 bridgehead atoms. The molecule has 5 aliphatic rings. The van der Waals surface area contributed by atoms with Gasteiger partial charge in [0.2, 0.25) is 0 Å². The molecule has 160 valence electrons. The van der Waals surface area contributed by atoms with Crippen molar-refractivity contribution in [1.29, 1.82) is 0 Å². The van der Waals surface area contributed by atoms with Gasteiger partial charge in [0, 0.05) is 11.8 Å². The van der Waals surface area contributed by atoms with E-state index in [-0.39, 0.29) is 29.7 Å². The summed E-state index contributed by atoms with van der Waals surface area (Å²) in [6.07, 6.45) is 4.79. The Morgan fingerprint density at radius 3 is 2.66 bits per heavy atom. The number of hydrogen-bond acceptors (Lipinski definition) is 6. The van der Waals surface area contributed by atoms with E-state index in [0.29, 0.717) is 24.7 Å². The summed E-state index contributed by atoms with van der Waals surface area (Å²) in [5.74, 6) is -1.06. The minimum atomic E-state index is -0.631. The van der Waals surface area contributed by atoms with Crippen LogP contribution in [0.3, 0.4) is 0 Å². The lowest BCUT2D eigenvalue weighted by atomic mass is 9.78. The number of carbonyl (C=O) groups is 3. The predicted molar refractivity (Wildman–Crippen MR) is 111 cm³/mol. The monoisotopic (exact) mass is 516 g/mol. The van der Waals surface area contributed by atoms with Crippen LogP contribution in [0.4, 0.5) is 0 Å². The van der Waals surface area contributed by atoms with Crippen molar-refractivity contribution in [3.8, 4) is 0 Å². The molecule has 0 spiro atoms. The molecule has 0 aromatic rings. The van der Waals surface area contributed by atoms with Crippen molar-refractivity contribution in [2.45, 2.75) is 80.5 Å². The molecule has 0 N–H and O–H groups in total. The number of rotatable bonds is 5. The second-order valence-corrected chi connectivity index (χ2v) is 12.6. The van der Waals surface area contributed by atoms with Crippen LogP contribution in [0.15, 0.2) is 0 Å². The Balaban J connectivity index is 1.36. The average molecular weight is 516 g/mol. The maximum atomic E-state index is 13.3. The highest BCUT2D eigenvalue weighted by Crippen LogP contribution is 2.60. The normalized spacial score (nSPS) is 48.5. The lowest BCUT2D eigenvalue weighted by Gasteiger charge is -2.37. The maximum absolute atomic E-state index is 13.3. The number of alkyl halides is 1. The predicted octanol–water partition coefficient (Wildman–Crippen LogP) is 3.43. The van der Waals surface area contributed by atoms with Crippen LogP contribution in [-0.4, -0.2) is 39.1 Å². The summed E-state index contributed by atoms with van der Waals surface area (Å²) in [5.41, 5.74) is -0.418. The van der Waals surface area contributed by atoms with Crippen molar-refractivity contribution in [3.63, 3.8) is 0 Å². The molecule has 29 heavy (non-hydrogen) atoms. The molecule has 9 unspecified atom stereocenters. The van der Waals surface area contributed by atoms with Crippen molar-refractivity contribution < 1.29 is 28.6 Å². The summed E-state index contributed by atoms with van der Waals surface area (Å²) >= 11 is 2.11. The number of fused-ring (bicyclic) bond motifs is 3. The van der Waals surface area contributed by atoms with Crippen molar-refractivity contribution in [2.75, 3.05) is 0 Å². The molecule has 5 fully saturated rings. The molecular formula is C22H29IO6. The highest BCUT2D eigenvalue weighted by atomic mass is 127. The van der Waals surface area contributed by atoms with Crippen molar-refractivity contribution in [3.05, 3.63) is 0 Å². The minimum Gasteiger partial charge on any atom is -0.459 e. The fourth-order valence-electron chi connectivity index (χ4n) is 6.84. The van der Waals surface area contributed by atoms with E-state index in [9.17, 15) is 14.4 Å². The first-order valence-corrected chi connectivity index (χ1v) is 12.1. The van der Waals surface area contributed by atoms with Crippen LogP contribution in [-0.2, 0) is 28.6 Å². The van der Waals surface area contributed by atoms with Gasteiger partial charge in [-0.3, -0.25) is 14.4 Å². The molecule has 4 saturated carbocycles. The molecule has 0 amide bonds. The molecule has 4 aliphatic carbocycles. The number of esters is 3. The fraction of sp³-hybridized carbons (Fsp3) is 0.864. The van der Waals surface area contributed by atoms with Gasteiger partial charge in [0.25, 0.3) is 0 Å². The summed E-state index contributed by atoms with van der Waals surface area (Å²) < 4.78 is 17.0. The first-order chi connectivity index (χ1) is 13.6. The summed E-state index contributed by atoms with van der Waals surface area (Å²) in [7, 11) is 0. The highest BCUT2D eigenvalue weighted by Gasteiger charge is 2.71. The van der Waals surface area contributed by atoms with Gasteiger partial charge in [0.05, 0.1) is 11.8 Å². The van der Waals surface area contributed by atoms with Gasteiger partial charge >= 0.3 is 17.9 Å². The van der Waals surface area contributed by atoms with E-state index in [1.807, 2.05) is 13.8 Å². The van der Waals surface area contributed by atoms with Gasteiger partial charge in [-0.05, 0) is 64.2 Å². The number of halogens is 1. The van der Waals surface area contributed by atoms with Crippen molar-refractivity contribution >= 4 is 40.5 Å². The molecule has 1 aliphatic heterocycles. The molecule has 0 aromatic heterocycles. The van der Waals surface area contributed by atoms with Gasteiger partial charge in [-0.1, -0.05) is 29.5 Å². The van der Waals surface area contributed by atoms with E-state index >= 15 is 0 Å². The third-order valence-electron chi connectivity index (χ3n) is 8.58. The zero-order chi connectivity index (χ0) is 20.7. The van der Waals surface area contributed by atoms with Gasteiger partial charge in [-0.25, -0.2) is 0 Å². The molecule has 7 heteroatoms. The maximum Gasteiger partial charge on any atom is 0.322 e. The van der Waals surface area contributed by atoms with Gasteiger partial charge in [-0.2, -0.15) is 0 Å². The van der Waals surface area contributed by atoms with Gasteiger partial charge in [-0.15, -0.1) is 0 Å². The lowest BCUT2D eigenvalue weighted by molar-refractivity contribution is -0.178. The van der Waals surface area contributed by atoms with E-state index in [1.54, 1.807) is 0 Å². The summed E-state index contributed by atoms with van der Waals surface area (Å²) in [6.45, 7) is 5.84. The number of ether oxygens (including phenoxy) is 3. The smallest absolute Gasteiger partial charge is 0.322 e. The molecule has 1 heterocycles. The van der Waals surface area contributed by atoms with Crippen LogP contribution in [0.1, 0.15) is 59.3 Å². The SMILES string of the molecule is CCC(C)(I)C(=O)OC1C2CC3C1OC(=O)C3C2C(=O)OC1(C)CC2CC[C@H]1C2. The zero-order valence-corrected chi connectivity index (χ0v) is 19.3. The topological polar surface area (TPSA) is 78.9 Å². The summed E-state index contributed by atoms with van der Waals surface area (Å²) in [5, 5.41) is 0.